The number of hydrogen-bond acceptors (Lipinski definition) is 4. The molecule has 39 heavy (non-hydrogen) atoms. The van der Waals surface area contributed by atoms with Crippen molar-refractivity contribution < 1.29 is 44.6 Å². The lowest BCUT2D eigenvalue weighted by molar-refractivity contribution is -0.144. The number of carbonyl (C=O) groups is 1. The lowest BCUT2D eigenvalue weighted by atomic mass is 9.92. The number of benzene rings is 2. The molecule has 1 aromatic heterocycles. The van der Waals surface area contributed by atoms with Crippen LogP contribution in [0, 0.1) is 0 Å². The Morgan fingerprint density at radius 2 is 1.69 bits per heavy atom. The second kappa shape index (κ2) is 11.0. The smallest absolute Gasteiger partial charge is 0.416 e. The standard InChI is InChI=1S/C25H23F6N3O4S/c1-2-38-23(35)14-33-21-4-3-5-22(20(21)13-32-33)34(39(36)37)19-8-6-15(7-9-19)16-10-17(24(26,27)28)12-18(11-16)25(29,30)31/h6-13,22H,2-5,14H2,1H3,(H,36,37). The van der Waals surface area contributed by atoms with Gasteiger partial charge in [-0.3, -0.25) is 18.3 Å². The Hall–Kier alpha value is -3.39. The maximum atomic E-state index is 13.3. The molecule has 2 aromatic carbocycles. The lowest BCUT2D eigenvalue weighted by Crippen LogP contribution is -2.33. The number of aromatic nitrogens is 2. The Morgan fingerprint density at radius 1 is 1.08 bits per heavy atom. The van der Waals surface area contributed by atoms with Crippen LogP contribution in [0.2, 0.25) is 0 Å². The molecular formula is C25H23F6N3O4S. The first-order valence-corrected chi connectivity index (χ1v) is 12.9. The van der Waals surface area contributed by atoms with E-state index >= 15 is 0 Å². The Balaban J connectivity index is 1.67. The molecule has 4 rings (SSSR count). The Morgan fingerprint density at radius 3 is 2.23 bits per heavy atom. The molecule has 0 aliphatic heterocycles. The van der Waals surface area contributed by atoms with E-state index in [1.807, 2.05) is 0 Å². The van der Waals surface area contributed by atoms with Gasteiger partial charge in [0.2, 0.25) is 0 Å². The molecule has 1 aliphatic rings. The molecule has 2 unspecified atom stereocenters. The third-order valence-corrected chi connectivity index (χ3v) is 7.11. The molecule has 0 saturated carbocycles. The number of fused-ring (bicyclic) bond motifs is 1. The van der Waals surface area contributed by atoms with Crippen molar-refractivity contribution in [2.75, 3.05) is 10.9 Å². The number of ether oxygens (including phenoxy) is 1. The zero-order valence-corrected chi connectivity index (χ0v) is 21.2. The number of hydrogen-bond donors (Lipinski definition) is 1. The number of rotatable bonds is 7. The van der Waals surface area contributed by atoms with Gasteiger partial charge in [0.05, 0.1) is 35.7 Å². The van der Waals surface area contributed by atoms with Crippen LogP contribution in [0.25, 0.3) is 11.1 Å². The molecule has 1 heterocycles. The van der Waals surface area contributed by atoms with Crippen molar-refractivity contribution in [2.45, 2.75) is 51.1 Å². The first-order chi connectivity index (χ1) is 18.3. The Kier molecular flexibility index (Phi) is 8.07. The first-order valence-electron chi connectivity index (χ1n) is 11.8. The zero-order chi connectivity index (χ0) is 28.5. The Bertz CT molecular complexity index is 1340. The summed E-state index contributed by atoms with van der Waals surface area (Å²) in [4.78, 5) is 11.9. The monoisotopic (exact) mass is 575 g/mol. The molecule has 0 fully saturated rings. The van der Waals surface area contributed by atoms with Gasteiger partial charge in [0, 0.05) is 11.3 Å². The Labute approximate surface area is 221 Å². The first kappa shape index (κ1) is 28.6. The van der Waals surface area contributed by atoms with Crippen LogP contribution in [0.15, 0.2) is 48.7 Å². The van der Waals surface area contributed by atoms with Crippen LogP contribution in [0.3, 0.4) is 0 Å². The molecule has 0 spiro atoms. The molecule has 0 saturated heterocycles. The van der Waals surface area contributed by atoms with Crippen LogP contribution in [-0.4, -0.2) is 31.1 Å². The number of carbonyl (C=O) groups excluding carboxylic acids is 1. The van der Waals surface area contributed by atoms with E-state index in [0.717, 1.165) is 0 Å². The zero-order valence-electron chi connectivity index (χ0n) is 20.4. The van der Waals surface area contributed by atoms with Crippen molar-refractivity contribution in [3.63, 3.8) is 0 Å². The fourth-order valence-electron chi connectivity index (χ4n) is 4.61. The van der Waals surface area contributed by atoms with Crippen LogP contribution < -0.4 is 4.31 Å². The number of nitrogens with zero attached hydrogens (tertiary/aromatic N) is 3. The highest BCUT2D eigenvalue weighted by molar-refractivity contribution is 7.80. The van der Waals surface area contributed by atoms with Gasteiger partial charge in [-0.2, -0.15) is 31.4 Å². The van der Waals surface area contributed by atoms with Crippen LogP contribution in [0.1, 0.15) is 48.2 Å². The van der Waals surface area contributed by atoms with Gasteiger partial charge < -0.3 is 4.74 Å². The molecule has 3 aromatic rings. The summed E-state index contributed by atoms with van der Waals surface area (Å²) >= 11 is -2.54. The highest BCUT2D eigenvalue weighted by atomic mass is 32.2. The summed E-state index contributed by atoms with van der Waals surface area (Å²) in [5.41, 5.74) is -1.57. The van der Waals surface area contributed by atoms with Crippen molar-refractivity contribution in [2.24, 2.45) is 0 Å². The summed E-state index contributed by atoms with van der Waals surface area (Å²) in [5, 5.41) is 4.24. The van der Waals surface area contributed by atoms with Gasteiger partial charge in [-0.25, -0.2) is 4.21 Å². The van der Waals surface area contributed by atoms with Gasteiger partial charge in [0.15, 0.2) is 0 Å². The number of esters is 1. The van der Waals surface area contributed by atoms with Gasteiger partial charge in [-0.05, 0) is 67.6 Å². The third-order valence-electron chi connectivity index (χ3n) is 6.31. The fraction of sp³-hybridized carbons (Fsp3) is 0.360. The van der Waals surface area contributed by atoms with E-state index in [2.05, 4.69) is 5.10 Å². The van der Waals surface area contributed by atoms with E-state index in [0.29, 0.717) is 42.7 Å². The molecule has 210 valence electrons. The van der Waals surface area contributed by atoms with E-state index in [-0.39, 0.29) is 36.0 Å². The molecule has 7 nitrogen and oxygen atoms in total. The van der Waals surface area contributed by atoms with Crippen molar-refractivity contribution in [1.29, 1.82) is 0 Å². The van der Waals surface area contributed by atoms with Crippen LogP contribution >= 0.6 is 0 Å². The lowest BCUT2D eigenvalue weighted by Gasteiger charge is -2.33. The van der Waals surface area contributed by atoms with Crippen molar-refractivity contribution in [3.8, 4) is 11.1 Å². The van der Waals surface area contributed by atoms with E-state index in [1.54, 1.807) is 6.92 Å². The number of alkyl halides is 6. The SMILES string of the molecule is CCOC(=O)Cn1ncc2c1CCCC2N(c1ccc(-c2cc(C(F)(F)F)cc(C(F)(F)F)c2)cc1)S(=O)O. The molecule has 0 amide bonds. The van der Waals surface area contributed by atoms with Crippen molar-refractivity contribution in [3.05, 3.63) is 71.0 Å². The second-order valence-electron chi connectivity index (χ2n) is 8.82. The maximum absolute atomic E-state index is 13.3. The number of halogens is 6. The van der Waals surface area contributed by atoms with Gasteiger partial charge >= 0.3 is 18.3 Å². The summed E-state index contributed by atoms with van der Waals surface area (Å²) in [6.07, 6.45) is -6.81. The molecule has 0 radical (unpaired) electrons. The van der Waals surface area contributed by atoms with E-state index in [1.165, 1.54) is 39.4 Å². The summed E-state index contributed by atoms with van der Waals surface area (Å²) in [6.45, 7) is 1.76. The van der Waals surface area contributed by atoms with Crippen molar-refractivity contribution >= 4 is 22.9 Å². The minimum Gasteiger partial charge on any atom is -0.465 e. The van der Waals surface area contributed by atoms with E-state index < -0.39 is 46.8 Å². The largest absolute Gasteiger partial charge is 0.465 e. The van der Waals surface area contributed by atoms with Crippen LogP contribution in [0.5, 0.6) is 0 Å². The molecule has 1 aliphatic carbocycles. The summed E-state index contributed by atoms with van der Waals surface area (Å²) < 4.78 is 110. The van der Waals surface area contributed by atoms with Gasteiger partial charge in [-0.1, -0.05) is 12.1 Å². The molecule has 0 bridgehead atoms. The van der Waals surface area contributed by atoms with E-state index in [4.69, 9.17) is 4.74 Å². The molecule has 1 N–H and O–H groups in total. The molecule has 2 atom stereocenters. The van der Waals surface area contributed by atoms with Crippen molar-refractivity contribution in [1.82, 2.24) is 9.78 Å². The van der Waals surface area contributed by atoms with Crippen LogP contribution in [-0.2, 0) is 46.1 Å². The topological polar surface area (TPSA) is 84.7 Å². The average Bonchev–Trinajstić information content (AvgIpc) is 3.26. The van der Waals surface area contributed by atoms with E-state index in [9.17, 15) is 39.9 Å². The normalized spacial score (nSPS) is 16.5. The quantitative estimate of drug-likeness (QED) is 0.207. The third kappa shape index (κ3) is 6.27. The molecule has 14 heteroatoms. The minimum absolute atomic E-state index is 0.0529. The second-order valence-corrected chi connectivity index (χ2v) is 9.67. The fourth-order valence-corrected chi connectivity index (χ4v) is 5.34. The summed E-state index contributed by atoms with van der Waals surface area (Å²) in [5.74, 6) is -0.480. The van der Waals surface area contributed by atoms with Gasteiger partial charge in [0.25, 0.3) is 11.3 Å². The van der Waals surface area contributed by atoms with Gasteiger partial charge in [0.1, 0.15) is 6.54 Å². The predicted molar refractivity (Wildman–Crippen MR) is 130 cm³/mol. The van der Waals surface area contributed by atoms with Gasteiger partial charge in [-0.15, -0.1) is 0 Å². The average molecular weight is 576 g/mol. The summed E-state index contributed by atoms with van der Waals surface area (Å²) in [6, 6.07) is 5.97. The molecular weight excluding hydrogens is 552 g/mol. The highest BCUT2D eigenvalue weighted by Gasteiger charge is 2.37. The minimum atomic E-state index is -4.99. The predicted octanol–water partition coefficient (Wildman–Crippen LogP) is 6.17. The van der Waals surface area contributed by atoms with Crippen LogP contribution in [0.4, 0.5) is 32.0 Å². The number of anilines is 1. The maximum Gasteiger partial charge on any atom is 0.416 e. The highest BCUT2D eigenvalue weighted by Crippen LogP contribution is 2.41. The summed E-state index contributed by atoms with van der Waals surface area (Å²) in [7, 11) is 0.